The molecule has 1 saturated heterocycles. The molecule has 1 N–H and O–H groups in total. The van der Waals surface area contributed by atoms with Crippen LogP contribution < -0.4 is 5.32 Å². The normalized spacial score (nSPS) is 17.4. The van der Waals surface area contributed by atoms with Gasteiger partial charge in [-0.2, -0.15) is 13.2 Å². The number of nitrogens with one attached hydrogen (secondary N) is 1. The van der Waals surface area contributed by atoms with Crippen LogP contribution in [-0.4, -0.2) is 29.3 Å². The number of carbonyl (C=O) groups excluding carboxylic acids is 2. The van der Waals surface area contributed by atoms with Crippen molar-refractivity contribution in [3.05, 3.63) is 70.8 Å². The summed E-state index contributed by atoms with van der Waals surface area (Å²) in [4.78, 5) is 27.2. The second-order valence-electron chi connectivity index (χ2n) is 7.30. The lowest BCUT2D eigenvalue weighted by Gasteiger charge is -2.30. The number of amides is 2. The van der Waals surface area contributed by atoms with Crippen molar-refractivity contribution in [1.29, 1.82) is 0 Å². The van der Waals surface area contributed by atoms with E-state index in [1.54, 1.807) is 0 Å². The van der Waals surface area contributed by atoms with Crippen LogP contribution in [0.15, 0.2) is 48.5 Å². The van der Waals surface area contributed by atoms with Crippen LogP contribution in [0, 0.1) is 6.92 Å². The monoisotopic (exact) mass is 404 g/mol. The van der Waals surface area contributed by atoms with Gasteiger partial charge >= 0.3 is 6.18 Å². The van der Waals surface area contributed by atoms with Crippen molar-refractivity contribution in [3.63, 3.8) is 0 Å². The highest BCUT2D eigenvalue weighted by Gasteiger charge is 2.34. The zero-order valence-electron chi connectivity index (χ0n) is 16.1. The van der Waals surface area contributed by atoms with Gasteiger partial charge in [0.2, 0.25) is 5.91 Å². The Morgan fingerprint density at radius 3 is 2.55 bits per heavy atom. The van der Waals surface area contributed by atoms with E-state index in [2.05, 4.69) is 5.32 Å². The zero-order chi connectivity index (χ0) is 21.0. The van der Waals surface area contributed by atoms with Gasteiger partial charge in [-0.25, -0.2) is 0 Å². The average Bonchev–Trinajstić information content (AvgIpc) is 2.91. The standard InChI is InChI=1S/C22H23F3N2O2/c1-15-8-10-16(11-9-15)14-27(19-7-2-3-12-26-20(19)28)21(29)17-5-4-6-18(13-17)22(23,24)25/h4-6,8-11,13,19H,2-3,7,12,14H2,1H3,(H,26,28). The lowest BCUT2D eigenvalue weighted by atomic mass is 10.0. The molecule has 0 bridgehead atoms. The lowest BCUT2D eigenvalue weighted by molar-refractivity contribution is -0.137. The van der Waals surface area contributed by atoms with E-state index in [0.717, 1.165) is 36.1 Å². The molecule has 1 aliphatic rings. The van der Waals surface area contributed by atoms with E-state index in [0.29, 0.717) is 13.0 Å². The molecule has 2 aromatic rings. The minimum atomic E-state index is -4.54. The fraction of sp³-hybridized carbons (Fsp3) is 0.364. The molecule has 3 rings (SSSR count). The largest absolute Gasteiger partial charge is 0.416 e. The van der Waals surface area contributed by atoms with Crippen LogP contribution in [0.1, 0.15) is 46.3 Å². The maximum Gasteiger partial charge on any atom is 0.416 e. The van der Waals surface area contributed by atoms with E-state index in [-0.39, 0.29) is 18.0 Å². The Hall–Kier alpha value is -2.83. The summed E-state index contributed by atoms with van der Waals surface area (Å²) in [6.45, 7) is 2.62. The third-order valence-electron chi connectivity index (χ3n) is 5.05. The second kappa shape index (κ2) is 8.68. The fourth-order valence-electron chi connectivity index (χ4n) is 3.43. The first-order valence-corrected chi connectivity index (χ1v) is 9.57. The molecule has 2 amide bonds. The molecular formula is C22H23F3N2O2. The molecule has 0 radical (unpaired) electrons. The number of hydrogen-bond donors (Lipinski definition) is 1. The summed E-state index contributed by atoms with van der Waals surface area (Å²) >= 11 is 0. The highest BCUT2D eigenvalue weighted by molar-refractivity contribution is 5.97. The van der Waals surface area contributed by atoms with Crippen molar-refractivity contribution in [2.24, 2.45) is 0 Å². The Balaban J connectivity index is 1.96. The van der Waals surface area contributed by atoms with Gasteiger partial charge in [-0.1, -0.05) is 35.9 Å². The number of nitrogens with zero attached hydrogens (tertiary/aromatic N) is 1. The van der Waals surface area contributed by atoms with Crippen LogP contribution >= 0.6 is 0 Å². The third kappa shape index (κ3) is 5.16. The van der Waals surface area contributed by atoms with E-state index >= 15 is 0 Å². The summed E-state index contributed by atoms with van der Waals surface area (Å²) in [5.41, 5.74) is 0.901. The zero-order valence-corrected chi connectivity index (χ0v) is 16.1. The molecule has 1 aliphatic heterocycles. The minimum Gasteiger partial charge on any atom is -0.354 e. The fourth-order valence-corrected chi connectivity index (χ4v) is 3.43. The van der Waals surface area contributed by atoms with Gasteiger partial charge in [0, 0.05) is 18.7 Å². The molecule has 0 spiro atoms. The smallest absolute Gasteiger partial charge is 0.354 e. The molecule has 0 aliphatic carbocycles. The molecular weight excluding hydrogens is 381 g/mol. The Kier molecular flexibility index (Phi) is 6.25. The second-order valence-corrected chi connectivity index (χ2v) is 7.30. The molecule has 7 heteroatoms. The van der Waals surface area contributed by atoms with Crippen LogP contribution in [0.4, 0.5) is 13.2 Å². The topological polar surface area (TPSA) is 49.4 Å². The van der Waals surface area contributed by atoms with Gasteiger partial charge in [-0.3, -0.25) is 9.59 Å². The molecule has 154 valence electrons. The summed E-state index contributed by atoms with van der Waals surface area (Å²) in [5.74, 6) is -0.853. The van der Waals surface area contributed by atoms with Crippen molar-refractivity contribution in [1.82, 2.24) is 10.2 Å². The summed E-state index contributed by atoms with van der Waals surface area (Å²) in [5, 5.41) is 2.80. The van der Waals surface area contributed by atoms with Gasteiger partial charge in [0.1, 0.15) is 6.04 Å². The molecule has 0 saturated carbocycles. The molecule has 29 heavy (non-hydrogen) atoms. The average molecular weight is 404 g/mol. The Morgan fingerprint density at radius 1 is 1.14 bits per heavy atom. The maximum atomic E-state index is 13.2. The lowest BCUT2D eigenvalue weighted by Crippen LogP contribution is -2.48. The first kappa shape index (κ1) is 20.9. The number of rotatable bonds is 4. The summed E-state index contributed by atoms with van der Waals surface area (Å²) in [7, 11) is 0. The molecule has 1 heterocycles. The molecule has 2 aromatic carbocycles. The number of benzene rings is 2. The molecule has 1 atom stereocenters. The predicted molar refractivity (Wildman–Crippen MR) is 103 cm³/mol. The van der Waals surface area contributed by atoms with Crippen LogP contribution in [0.5, 0.6) is 0 Å². The molecule has 0 aromatic heterocycles. The molecule has 4 nitrogen and oxygen atoms in total. The number of carbonyl (C=O) groups is 2. The van der Waals surface area contributed by atoms with E-state index < -0.39 is 23.7 Å². The quantitative estimate of drug-likeness (QED) is 0.825. The van der Waals surface area contributed by atoms with E-state index in [1.165, 1.54) is 17.0 Å². The van der Waals surface area contributed by atoms with Crippen molar-refractivity contribution >= 4 is 11.8 Å². The van der Waals surface area contributed by atoms with Gasteiger partial charge in [-0.05, 0) is 49.9 Å². The molecule has 1 fully saturated rings. The SMILES string of the molecule is Cc1ccc(CN(C(=O)c2cccc(C(F)(F)F)c2)C2CCCCNC2=O)cc1. The highest BCUT2D eigenvalue weighted by Crippen LogP contribution is 2.30. The summed E-state index contributed by atoms with van der Waals surface area (Å²) in [6, 6.07) is 11.1. The number of aryl methyl sites for hydroxylation is 1. The van der Waals surface area contributed by atoms with Gasteiger partial charge < -0.3 is 10.2 Å². The third-order valence-corrected chi connectivity index (χ3v) is 5.05. The van der Waals surface area contributed by atoms with Gasteiger partial charge in [0.15, 0.2) is 0 Å². The predicted octanol–water partition coefficient (Wildman–Crippen LogP) is 4.32. The van der Waals surface area contributed by atoms with Crippen molar-refractivity contribution in [3.8, 4) is 0 Å². The highest BCUT2D eigenvalue weighted by atomic mass is 19.4. The Morgan fingerprint density at radius 2 is 1.86 bits per heavy atom. The first-order valence-electron chi connectivity index (χ1n) is 9.57. The Bertz CT molecular complexity index is 878. The number of halogens is 3. The van der Waals surface area contributed by atoms with Gasteiger partial charge in [0.05, 0.1) is 5.56 Å². The van der Waals surface area contributed by atoms with Crippen molar-refractivity contribution in [2.75, 3.05) is 6.54 Å². The minimum absolute atomic E-state index is 0.0796. The van der Waals surface area contributed by atoms with Crippen LogP contribution in [0.2, 0.25) is 0 Å². The number of hydrogen-bond acceptors (Lipinski definition) is 2. The molecule has 1 unspecified atom stereocenters. The van der Waals surface area contributed by atoms with Gasteiger partial charge in [-0.15, -0.1) is 0 Å². The van der Waals surface area contributed by atoms with Crippen LogP contribution in [0.3, 0.4) is 0 Å². The summed E-state index contributed by atoms with van der Waals surface area (Å²) in [6.07, 6.45) is -2.51. The Labute approximate surface area is 167 Å². The van der Waals surface area contributed by atoms with Crippen LogP contribution in [0.25, 0.3) is 0 Å². The van der Waals surface area contributed by atoms with Crippen molar-refractivity contribution < 1.29 is 22.8 Å². The van der Waals surface area contributed by atoms with Gasteiger partial charge in [0.25, 0.3) is 5.91 Å². The van der Waals surface area contributed by atoms with Crippen LogP contribution in [-0.2, 0) is 17.5 Å². The summed E-state index contributed by atoms with van der Waals surface area (Å²) < 4.78 is 39.3. The van der Waals surface area contributed by atoms with Crippen molar-refractivity contribution in [2.45, 2.75) is 44.9 Å². The van der Waals surface area contributed by atoms with E-state index in [1.807, 2.05) is 31.2 Å². The van der Waals surface area contributed by atoms with E-state index in [9.17, 15) is 22.8 Å². The maximum absolute atomic E-state index is 13.2. The van der Waals surface area contributed by atoms with E-state index in [4.69, 9.17) is 0 Å². The first-order chi connectivity index (χ1) is 13.8. The number of alkyl halides is 3.